The van der Waals surface area contributed by atoms with Crippen molar-refractivity contribution in [2.24, 2.45) is 0 Å². The van der Waals surface area contributed by atoms with Gasteiger partial charge in [-0.15, -0.1) is 0 Å². The Bertz CT molecular complexity index is 1950. The Balaban J connectivity index is 1.37. The van der Waals surface area contributed by atoms with Crippen LogP contribution in [0.1, 0.15) is 5.56 Å². The first-order valence-electron chi connectivity index (χ1n) is 14.5. The molecule has 210 valence electrons. The number of hydrogen-bond acceptors (Lipinski definition) is 3. The molecule has 0 saturated heterocycles. The number of halogens is 1. The van der Waals surface area contributed by atoms with E-state index in [0.29, 0.717) is 0 Å². The van der Waals surface area contributed by atoms with Gasteiger partial charge in [-0.2, -0.15) is 0 Å². The zero-order chi connectivity index (χ0) is 29.7. The quantitative estimate of drug-likeness (QED) is 0.125. The highest BCUT2D eigenvalue weighted by Gasteiger charge is 2.11. The van der Waals surface area contributed by atoms with Gasteiger partial charge in [-0.3, -0.25) is 15.0 Å². The van der Waals surface area contributed by atoms with Gasteiger partial charge in [-0.25, -0.2) is 0 Å². The fourth-order valence-corrected chi connectivity index (χ4v) is 5.97. The van der Waals surface area contributed by atoms with E-state index in [1.807, 2.05) is 49.3 Å². The van der Waals surface area contributed by atoms with E-state index in [9.17, 15) is 0 Å². The van der Waals surface area contributed by atoms with Gasteiger partial charge in [0.05, 0.1) is 0 Å². The lowest BCUT2D eigenvalue weighted by Gasteiger charge is -2.14. The Morgan fingerprint density at radius 1 is 0.341 bits per heavy atom. The second-order valence-electron chi connectivity index (χ2n) is 10.7. The lowest BCUT2D eigenvalue weighted by Crippen LogP contribution is -1.89. The van der Waals surface area contributed by atoms with E-state index in [2.05, 4.69) is 147 Å². The standard InChI is InChI=1S/C40H28IN3/c41-23-28-16-40(27-44-24-28)34-11-3-10-33(19-34)39-21-37(31-8-1-6-29(17-31)35-12-4-14-42-25-35)20-38(22-39)32-9-2-7-30(18-32)36-13-5-15-43-26-36/h1-22,24-27H,23H2. The molecule has 7 rings (SSSR count). The van der Waals surface area contributed by atoms with Crippen LogP contribution < -0.4 is 0 Å². The SMILES string of the molecule is ICc1cncc(-c2cccc(-c3cc(-c4cccc(-c5cccnc5)c4)cc(-c4cccc(-c5cccnc5)c4)c3)c2)c1. The minimum atomic E-state index is 0.930. The molecule has 4 aromatic carbocycles. The van der Waals surface area contributed by atoms with Gasteiger partial charge in [0.2, 0.25) is 0 Å². The lowest BCUT2D eigenvalue weighted by atomic mass is 9.90. The van der Waals surface area contributed by atoms with E-state index in [1.165, 1.54) is 5.56 Å². The summed E-state index contributed by atoms with van der Waals surface area (Å²) in [6.45, 7) is 0. The molecule has 0 bridgehead atoms. The molecule has 0 aliphatic rings. The van der Waals surface area contributed by atoms with Crippen molar-refractivity contribution in [1.82, 2.24) is 15.0 Å². The molecule has 4 heteroatoms. The van der Waals surface area contributed by atoms with Crippen molar-refractivity contribution >= 4 is 22.6 Å². The van der Waals surface area contributed by atoms with E-state index in [-0.39, 0.29) is 0 Å². The van der Waals surface area contributed by atoms with E-state index < -0.39 is 0 Å². The molecule has 7 aromatic rings. The normalized spacial score (nSPS) is 10.9. The van der Waals surface area contributed by atoms with Crippen LogP contribution in [0, 0.1) is 0 Å². The molecule has 0 unspecified atom stereocenters. The molecule has 0 atom stereocenters. The van der Waals surface area contributed by atoms with E-state index in [1.54, 1.807) is 0 Å². The second-order valence-corrected chi connectivity index (χ2v) is 11.5. The zero-order valence-electron chi connectivity index (χ0n) is 23.9. The number of aromatic nitrogens is 3. The lowest BCUT2D eigenvalue weighted by molar-refractivity contribution is 1.26. The van der Waals surface area contributed by atoms with Crippen molar-refractivity contribution in [2.75, 3.05) is 0 Å². The van der Waals surface area contributed by atoms with E-state index >= 15 is 0 Å². The van der Waals surface area contributed by atoms with Crippen molar-refractivity contribution in [3.05, 3.63) is 164 Å². The van der Waals surface area contributed by atoms with Crippen LogP contribution in [-0.4, -0.2) is 15.0 Å². The predicted molar refractivity (Wildman–Crippen MR) is 190 cm³/mol. The minimum Gasteiger partial charge on any atom is -0.264 e. The largest absolute Gasteiger partial charge is 0.264 e. The van der Waals surface area contributed by atoms with Crippen LogP contribution in [-0.2, 0) is 4.43 Å². The van der Waals surface area contributed by atoms with Gasteiger partial charge in [0.15, 0.2) is 0 Å². The first-order valence-corrected chi connectivity index (χ1v) is 16.0. The molecular weight excluding hydrogens is 649 g/mol. The van der Waals surface area contributed by atoms with Gasteiger partial charge in [-0.05, 0) is 110 Å². The molecular formula is C40H28IN3. The summed E-state index contributed by atoms with van der Waals surface area (Å²) in [5.74, 6) is 0. The van der Waals surface area contributed by atoms with Crippen LogP contribution in [0.2, 0.25) is 0 Å². The Kier molecular flexibility index (Phi) is 8.07. The smallest absolute Gasteiger partial charge is 0.0346 e. The van der Waals surface area contributed by atoms with Crippen LogP contribution >= 0.6 is 22.6 Å². The maximum Gasteiger partial charge on any atom is 0.0346 e. The summed E-state index contributed by atoms with van der Waals surface area (Å²) in [5, 5.41) is 0. The summed E-state index contributed by atoms with van der Waals surface area (Å²) in [6, 6.07) is 43.5. The van der Waals surface area contributed by atoms with Gasteiger partial charge in [0.25, 0.3) is 0 Å². The maximum absolute atomic E-state index is 4.49. The first kappa shape index (κ1) is 27.9. The first-order chi connectivity index (χ1) is 21.7. The Labute approximate surface area is 271 Å². The Morgan fingerprint density at radius 3 is 1.11 bits per heavy atom. The van der Waals surface area contributed by atoms with Crippen molar-refractivity contribution in [3.8, 4) is 66.8 Å². The minimum absolute atomic E-state index is 0.930. The zero-order valence-corrected chi connectivity index (χ0v) is 26.1. The summed E-state index contributed by atoms with van der Waals surface area (Å²) in [4.78, 5) is 13.2. The van der Waals surface area contributed by atoms with E-state index in [4.69, 9.17) is 0 Å². The molecule has 44 heavy (non-hydrogen) atoms. The fraction of sp³-hybridized carbons (Fsp3) is 0.0250. The highest BCUT2D eigenvalue weighted by molar-refractivity contribution is 14.1. The summed E-state index contributed by atoms with van der Waals surface area (Å²) in [5.41, 5.74) is 15.0. The number of pyridine rings is 3. The summed E-state index contributed by atoms with van der Waals surface area (Å²) >= 11 is 2.39. The number of benzene rings is 4. The Morgan fingerprint density at radius 2 is 0.705 bits per heavy atom. The number of alkyl halides is 1. The topological polar surface area (TPSA) is 38.7 Å². The van der Waals surface area contributed by atoms with Crippen molar-refractivity contribution in [1.29, 1.82) is 0 Å². The number of hydrogen-bond donors (Lipinski definition) is 0. The summed E-state index contributed by atoms with van der Waals surface area (Å²) < 4.78 is 0.930. The molecule has 0 aliphatic heterocycles. The average Bonchev–Trinajstić information content (AvgIpc) is 3.12. The van der Waals surface area contributed by atoms with Crippen LogP contribution in [0.5, 0.6) is 0 Å². The third-order valence-corrected chi connectivity index (χ3v) is 8.67. The van der Waals surface area contributed by atoms with Gasteiger partial charge in [0, 0.05) is 58.3 Å². The fourth-order valence-electron chi connectivity index (χ4n) is 5.55. The highest BCUT2D eigenvalue weighted by Crippen LogP contribution is 2.36. The molecule has 0 radical (unpaired) electrons. The third-order valence-electron chi connectivity index (χ3n) is 7.79. The maximum atomic E-state index is 4.49. The van der Waals surface area contributed by atoms with Crippen LogP contribution in [0.15, 0.2) is 159 Å². The van der Waals surface area contributed by atoms with Gasteiger partial charge in [-0.1, -0.05) is 89.3 Å². The molecule has 0 N–H and O–H groups in total. The average molecular weight is 678 g/mol. The highest BCUT2D eigenvalue weighted by atomic mass is 127. The molecule has 0 spiro atoms. The van der Waals surface area contributed by atoms with Crippen LogP contribution in [0.25, 0.3) is 66.8 Å². The number of nitrogens with zero attached hydrogens (tertiary/aromatic N) is 3. The van der Waals surface area contributed by atoms with Gasteiger partial charge < -0.3 is 0 Å². The van der Waals surface area contributed by atoms with Crippen molar-refractivity contribution in [3.63, 3.8) is 0 Å². The molecule has 0 saturated carbocycles. The van der Waals surface area contributed by atoms with Crippen molar-refractivity contribution < 1.29 is 0 Å². The molecule has 3 heterocycles. The van der Waals surface area contributed by atoms with E-state index in [0.717, 1.165) is 71.2 Å². The second kappa shape index (κ2) is 12.7. The number of rotatable bonds is 7. The van der Waals surface area contributed by atoms with Gasteiger partial charge in [0.1, 0.15) is 0 Å². The van der Waals surface area contributed by atoms with Crippen molar-refractivity contribution in [2.45, 2.75) is 4.43 Å². The predicted octanol–water partition coefficient (Wildman–Crippen LogP) is 10.8. The van der Waals surface area contributed by atoms with Crippen LogP contribution in [0.3, 0.4) is 0 Å². The molecule has 0 fully saturated rings. The molecule has 0 aliphatic carbocycles. The molecule has 3 nitrogen and oxygen atoms in total. The summed E-state index contributed by atoms with van der Waals surface area (Å²) in [6.07, 6.45) is 11.3. The summed E-state index contributed by atoms with van der Waals surface area (Å²) in [7, 11) is 0. The molecule has 0 amide bonds. The third kappa shape index (κ3) is 6.08. The van der Waals surface area contributed by atoms with Gasteiger partial charge >= 0.3 is 0 Å². The Hall–Kier alpha value is -4.94. The van der Waals surface area contributed by atoms with Crippen LogP contribution in [0.4, 0.5) is 0 Å². The monoisotopic (exact) mass is 677 g/mol. The molecule has 3 aromatic heterocycles.